The number of imidazole rings is 1. The Morgan fingerprint density at radius 1 is 1.24 bits per heavy atom. The van der Waals surface area contributed by atoms with Crippen LogP contribution in [-0.2, 0) is 4.74 Å². The first-order valence-electron chi connectivity index (χ1n) is 8.13. The van der Waals surface area contributed by atoms with Crippen LogP contribution in [0.5, 0.6) is 5.75 Å². The number of hydrogen-bond donors (Lipinski definition) is 0. The predicted octanol–water partition coefficient (Wildman–Crippen LogP) is 4.80. The van der Waals surface area contributed by atoms with Crippen LogP contribution in [0.4, 0.5) is 0 Å². The van der Waals surface area contributed by atoms with E-state index in [-0.39, 0.29) is 12.3 Å². The van der Waals surface area contributed by atoms with E-state index in [1.54, 1.807) is 12.4 Å². The maximum absolute atomic E-state index is 6.18. The van der Waals surface area contributed by atoms with Crippen molar-refractivity contribution in [2.24, 2.45) is 0 Å². The van der Waals surface area contributed by atoms with Gasteiger partial charge in [0.15, 0.2) is 5.65 Å². The number of halogens is 2. The molecular weight excluding hydrogens is 361 g/mol. The minimum absolute atomic E-state index is 0.0263. The lowest BCUT2D eigenvalue weighted by Crippen LogP contribution is -2.18. The molecule has 0 unspecified atom stereocenters. The Kier molecular flexibility index (Phi) is 4.54. The van der Waals surface area contributed by atoms with E-state index in [0.29, 0.717) is 27.9 Å². The number of ether oxygens (including phenoxy) is 2. The molecule has 1 aromatic carbocycles. The second-order valence-electron chi connectivity index (χ2n) is 6.17. The van der Waals surface area contributed by atoms with E-state index in [9.17, 15) is 0 Å². The van der Waals surface area contributed by atoms with Crippen LogP contribution >= 0.6 is 23.2 Å². The van der Waals surface area contributed by atoms with Gasteiger partial charge < -0.3 is 9.47 Å². The van der Waals surface area contributed by atoms with Crippen molar-refractivity contribution >= 4 is 34.4 Å². The number of aromatic nitrogens is 3. The zero-order valence-corrected chi connectivity index (χ0v) is 15.2. The molecule has 0 spiro atoms. The number of aryl methyl sites for hydroxylation is 1. The lowest BCUT2D eigenvalue weighted by atomic mass is 10.2. The van der Waals surface area contributed by atoms with Crippen molar-refractivity contribution < 1.29 is 9.47 Å². The molecule has 3 aromatic rings. The SMILES string of the molecule is Cc1ccc(OC[C@@H]2CC[C@@H](n3cnc4c(Cl)cc(Cl)nc43)O2)cc1. The fourth-order valence-electron chi connectivity index (χ4n) is 2.99. The smallest absolute Gasteiger partial charge is 0.165 e. The zero-order chi connectivity index (χ0) is 17.4. The largest absolute Gasteiger partial charge is 0.491 e. The summed E-state index contributed by atoms with van der Waals surface area (Å²) in [5.74, 6) is 0.853. The third kappa shape index (κ3) is 3.45. The molecule has 25 heavy (non-hydrogen) atoms. The topological polar surface area (TPSA) is 49.2 Å². The van der Waals surface area contributed by atoms with Crippen LogP contribution < -0.4 is 4.74 Å². The fourth-order valence-corrected chi connectivity index (χ4v) is 3.47. The van der Waals surface area contributed by atoms with Gasteiger partial charge in [0.2, 0.25) is 0 Å². The Bertz CT molecular complexity index is 895. The summed E-state index contributed by atoms with van der Waals surface area (Å²) in [6.07, 6.45) is 3.36. The lowest BCUT2D eigenvalue weighted by Gasteiger charge is -2.16. The van der Waals surface area contributed by atoms with Crippen LogP contribution in [0, 0.1) is 6.92 Å². The van der Waals surface area contributed by atoms with Crippen molar-refractivity contribution in [3.05, 3.63) is 52.4 Å². The molecule has 2 atom stereocenters. The van der Waals surface area contributed by atoms with E-state index in [4.69, 9.17) is 32.7 Å². The van der Waals surface area contributed by atoms with Gasteiger partial charge in [-0.25, -0.2) is 9.97 Å². The summed E-state index contributed by atoms with van der Waals surface area (Å²) in [5.41, 5.74) is 2.48. The molecular formula is C18H17Cl2N3O2. The molecule has 0 N–H and O–H groups in total. The highest BCUT2D eigenvalue weighted by Crippen LogP contribution is 2.33. The van der Waals surface area contributed by atoms with Crippen LogP contribution in [0.2, 0.25) is 10.2 Å². The lowest BCUT2D eigenvalue weighted by molar-refractivity contribution is -0.0158. The second-order valence-corrected chi connectivity index (χ2v) is 6.96. The van der Waals surface area contributed by atoms with Gasteiger partial charge in [-0.2, -0.15) is 0 Å². The molecule has 1 aliphatic heterocycles. The highest BCUT2D eigenvalue weighted by Gasteiger charge is 2.28. The number of rotatable bonds is 4. The van der Waals surface area contributed by atoms with E-state index < -0.39 is 0 Å². The van der Waals surface area contributed by atoms with E-state index in [1.807, 2.05) is 28.8 Å². The maximum Gasteiger partial charge on any atom is 0.165 e. The summed E-state index contributed by atoms with van der Waals surface area (Å²) >= 11 is 12.2. The molecule has 1 aliphatic rings. The van der Waals surface area contributed by atoms with Gasteiger partial charge in [-0.05, 0) is 38.0 Å². The molecule has 0 aliphatic carbocycles. The van der Waals surface area contributed by atoms with Gasteiger partial charge in [-0.1, -0.05) is 40.9 Å². The van der Waals surface area contributed by atoms with E-state index in [0.717, 1.165) is 18.6 Å². The summed E-state index contributed by atoms with van der Waals surface area (Å²) in [7, 11) is 0. The third-order valence-corrected chi connectivity index (χ3v) is 4.79. The number of pyridine rings is 1. The molecule has 4 rings (SSSR count). The number of fused-ring (bicyclic) bond motifs is 1. The van der Waals surface area contributed by atoms with Crippen LogP contribution in [-0.4, -0.2) is 27.2 Å². The zero-order valence-electron chi connectivity index (χ0n) is 13.7. The quantitative estimate of drug-likeness (QED) is 0.612. The first kappa shape index (κ1) is 16.6. The van der Waals surface area contributed by atoms with Crippen LogP contribution in [0.1, 0.15) is 24.6 Å². The molecule has 130 valence electrons. The van der Waals surface area contributed by atoms with Gasteiger partial charge >= 0.3 is 0 Å². The van der Waals surface area contributed by atoms with Gasteiger partial charge in [0.1, 0.15) is 29.3 Å². The highest BCUT2D eigenvalue weighted by atomic mass is 35.5. The van der Waals surface area contributed by atoms with Crippen LogP contribution in [0.25, 0.3) is 11.2 Å². The van der Waals surface area contributed by atoms with Crippen molar-refractivity contribution in [2.45, 2.75) is 32.1 Å². The molecule has 2 aromatic heterocycles. The summed E-state index contributed by atoms with van der Waals surface area (Å²) in [4.78, 5) is 8.67. The first-order chi connectivity index (χ1) is 12.1. The molecule has 0 bridgehead atoms. The van der Waals surface area contributed by atoms with Gasteiger partial charge in [0, 0.05) is 0 Å². The fraction of sp³-hybridized carbons (Fsp3) is 0.333. The Hall–Kier alpha value is -1.82. The summed E-state index contributed by atoms with van der Waals surface area (Å²) < 4.78 is 13.8. The Labute approximate surface area is 155 Å². The highest BCUT2D eigenvalue weighted by molar-refractivity contribution is 6.37. The minimum Gasteiger partial charge on any atom is -0.491 e. The molecule has 7 heteroatoms. The minimum atomic E-state index is -0.140. The monoisotopic (exact) mass is 377 g/mol. The van der Waals surface area contributed by atoms with Gasteiger partial charge in [-0.15, -0.1) is 0 Å². The number of benzene rings is 1. The van der Waals surface area contributed by atoms with Crippen molar-refractivity contribution in [1.29, 1.82) is 0 Å². The van der Waals surface area contributed by atoms with Crippen LogP contribution in [0.3, 0.4) is 0 Å². The number of hydrogen-bond acceptors (Lipinski definition) is 4. The molecule has 0 saturated carbocycles. The third-order valence-electron chi connectivity index (χ3n) is 4.30. The van der Waals surface area contributed by atoms with Crippen molar-refractivity contribution in [2.75, 3.05) is 6.61 Å². The maximum atomic E-state index is 6.18. The first-order valence-corrected chi connectivity index (χ1v) is 8.89. The van der Waals surface area contributed by atoms with E-state index in [2.05, 4.69) is 16.9 Å². The molecule has 0 amide bonds. The van der Waals surface area contributed by atoms with E-state index in [1.165, 1.54) is 5.56 Å². The summed E-state index contributed by atoms with van der Waals surface area (Å²) in [5, 5.41) is 0.836. The predicted molar refractivity (Wildman–Crippen MR) is 97.4 cm³/mol. The van der Waals surface area contributed by atoms with E-state index >= 15 is 0 Å². The summed E-state index contributed by atoms with van der Waals surface area (Å²) in [6, 6.07) is 9.60. The van der Waals surface area contributed by atoms with Crippen molar-refractivity contribution in [3.63, 3.8) is 0 Å². The number of nitrogens with zero attached hydrogens (tertiary/aromatic N) is 3. The Balaban J connectivity index is 1.45. The van der Waals surface area contributed by atoms with Crippen LogP contribution in [0.15, 0.2) is 36.7 Å². The van der Waals surface area contributed by atoms with Gasteiger partial charge in [-0.3, -0.25) is 4.57 Å². The Morgan fingerprint density at radius 2 is 2.04 bits per heavy atom. The molecule has 3 heterocycles. The second kappa shape index (κ2) is 6.83. The van der Waals surface area contributed by atoms with Crippen molar-refractivity contribution in [1.82, 2.24) is 14.5 Å². The molecule has 1 fully saturated rings. The molecule has 5 nitrogen and oxygen atoms in total. The Morgan fingerprint density at radius 3 is 2.84 bits per heavy atom. The van der Waals surface area contributed by atoms with Crippen molar-refractivity contribution in [3.8, 4) is 5.75 Å². The molecule has 1 saturated heterocycles. The molecule has 0 radical (unpaired) electrons. The van der Waals surface area contributed by atoms with Gasteiger partial charge in [0.05, 0.1) is 17.5 Å². The van der Waals surface area contributed by atoms with Gasteiger partial charge in [0.25, 0.3) is 0 Å². The summed E-state index contributed by atoms with van der Waals surface area (Å²) in [6.45, 7) is 2.57. The average Bonchev–Trinajstić information content (AvgIpc) is 3.21. The average molecular weight is 378 g/mol. The standard InChI is InChI=1S/C18H17Cl2N3O2/c1-11-2-4-12(5-3-11)24-9-13-6-7-16(25-13)23-10-21-17-14(19)8-15(20)22-18(17)23/h2-5,8,10,13,16H,6-7,9H2,1H3/t13-,16-/m0/s1. The normalized spacial score (nSPS) is 20.3.